The molecule has 0 saturated carbocycles. The Morgan fingerprint density at radius 3 is 2.61 bits per heavy atom. The molecule has 23 heavy (non-hydrogen) atoms. The molecule has 0 aliphatic heterocycles. The molecule has 3 aromatic rings. The first-order valence-corrected chi connectivity index (χ1v) is 8.20. The molecule has 4 nitrogen and oxygen atoms in total. The van der Waals surface area contributed by atoms with Crippen molar-refractivity contribution in [2.45, 2.75) is 17.8 Å². The number of thioether (sulfide) groups is 1. The lowest BCUT2D eigenvalue weighted by Gasteiger charge is -2.07. The number of benzene rings is 2. The van der Waals surface area contributed by atoms with Crippen LogP contribution in [0.2, 0.25) is 0 Å². The zero-order valence-electron chi connectivity index (χ0n) is 12.7. The van der Waals surface area contributed by atoms with Gasteiger partial charge in [-0.3, -0.25) is 4.79 Å². The van der Waals surface area contributed by atoms with Gasteiger partial charge in [-0.1, -0.05) is 42.1 Å². The Hall–Kier alpha value is -2.53. The summed E-state index contributed by atoms with van der Waals surface area (Å²) in [5.41, 5.74) is 1.70. The van der Waals surface area contributed by atoms with Gasteiger partial charge in [0.25, 0.3) is 5.56 Å². The smallest absolute Gasteiger partial charge is 0.251 e. The van der Waals surface area contributed by atoms with Gasteiger partial charge in [0.2, 0.25) is 0 Å². The standard InChI is InChI=1S/C18H16N2O2S/c1-13-10-17(21)20-18(19-13)23-12-14-6-5-9-16(11-14)22-15-7-3-2-4-8-15/h2-11H,12H2,1H3,(H,19,20,21). The maximum atomic E-state index is 11.5. The molecule has 1 heterocycles. The van der Waals surface area contributed by atoms with Crippen LogP contribution in [0.25, 0.3) is 0 Å². The van der Waals surface area contributed by atoms with Crippen LogP contribution in [0.15, 0.2) is 70.6 Å². The van der Waals surface area contributed by atoms with Gasteiger partial charge in [-0.15, -0.1) is 0 Å². The third-order valence-corrected chi connectivity index (χ3v) is 4.05. The van der Waals surface area contributed by atoms with Gasteiger partial charge in [0.1, 0.15) is 11.5 Å². The fourth-order valence-electron chi connectivity index (χ4n) is 2.10. The van der Waals surface area contributed by atoms with Crippen LogP contribution in [0.5, 0.6) is 11.5 Å². The summed E-state index contributed by atoms with van der Waals surface area (Å²) in [6, 6.07) is 19.1. The van der Waals surface area contributed by atoms with E-state index in [1.165, 1.54) is 17.8 Å². The van der Waals surface area contributed by atoms with Gasteiger partial charge < -0.3 is 9.72 Å². The topological polar surface area (TPSA) is 55.0 Å². The number of hydrogen-bond donors (Lipinski definition) is 1. The number of nitrogens with one attached hydrogen (secondary N) is 1. The summed E-state index contributed by atoms with van der Waals surface area (Å²) in [5.74, 6) is 2.31. The van der Waals surface area contributed by atoms with Crippen molar-refractivity contribution in [3.63, 3.8) is 0 Å². The van der Waals surface area contributed by atoms with Crippen molar-refractivity contribution in [3.8, 4) is 11.5 Å². The minimum Gasteiger partial charge on any atom is -0.457 e. The van der Waals surface area contributed by atoms with Crippen LogP contribution in [0.4, 0.5) is 0 Å². The quantitative estimate of drug-likeness (QED) is 0.565. The number of rotatable bonds is 5. The molecule has 0 amide bonds. The summed E-state index contributed by atoms with van der Waals surface area (Å²) < 4.78 is 5.83. The molecule has 3 rings (SSSR count). The zero-order chi connectivity index (χ0) is 16.1. The maximum Gasteiger partial charge on any atom is 0.251 e. The van der Waals surface area contributed by atoms with E-state index < -0.39 is 0 Å². The molecule has 5 heteroatoms. The molecule has 1 N–H and O–H groups in total. The van der Waals surface area contributed by atoms with Gasteiger partial charge in [0.15, 0.2) is 5.16 Å². The van der Waals surface area contributed by atoms with Crippen molar-refractivity contribution in [2.75, 3.05) is 0 Å². The molecule has 116 valence electrons. The normalized spacial score (nSPS) is 10.5. The summed E-state index contributed by atoms with van der Waals surface area (Å²) in [7, 11) is 0. The second-order valence-electron chi connectivity index (χ2n) is 5.04. The minimum absolute atomic E-state index is 0.124. The van der Waals surface area contributed by atoms with Crippen LogP contribution >= 0.6 is 11.8 Å². The lowest BCUT2D eigenvalue weighted by molar-refractivity contribution is 0.482. The van der Waals surface area contributed by atoms with Crippen LogP contribution in [0.1, 0.15) is 11.3 Å². The monoisotopic (exact) mass is 324 g/mol. The molecule has 2 aromatic carbocycles. The molecular weight excluding hydrogens is 308 g/mol. The van der Waals surface area contributed by atoms with Crippen LogP contribution in [0, 0.1) is 6.92 Å². The number of para-hydroxylation sites is 1. The second kappa shape index (κ2) is 7.15. The first-order chi connectivity index (χ1) is 11.2. The Morgan fingerprint density at radius 2 is 1.83 bits per heavy atom. The summed E-state index contributed by atoms with van der Waals surface area (Å²) >= 11 is 1.49. The van der Waals surface area contributed by atoms with Gasteiger partial charge in [-0.25, -0.2) is 4.98 Å². The van der Waals surface area contributed by atoms with Crippen LogP contribution < -0.4 is 10.3 Å². The molecule has 0 radical (unpaired) electrons. The van der Waals surface area contributed by atoms with E-state index in [9.17, 15) is 4.79 Å². The predicted octanol–water partition coefficient (Wildman–Crippen LogP) is 4.16. The summed E-state index contributed by atoms with van der Waals surface area (Å²) in [4.78, 5) is 18.5. The second-order valence-corrected chi connectivity index (χ2v) is 6.01. The van der Waals surface area contributed by atoms with E-state index in [1.54, 1.807) is 0 Å². The van der Waals surface area contributed by atoms with Crippen molar-refractivity contribution >= 4 is 11.8 Å². The van der Waals surface area contributed by atoms with Crippen molar-refractivity contribution < 1.29 is 4.74 Å². The van der Waals surface area contributed by atoms with Crippen LogP contribution in [-0.2, 0) is 5.75 Å². The third-order valence-electron chi connectivity index (χ3n) is 3.10. The molecule has 0 aliphatic carbocycles. The molecule has 0 saturated heterocycles. The molecule has 0 aliphatic rings. The predicted molar refractivity (Wildman–Crippen MR) is 92.1 cm³/mol. The molecule has 0 unspecified atom stereocenters. The molecular formula is C18H16N2O2S. The highest BCUT2D eigenvalue weighted by molar-refractivity contribution is 7.98. The lowest BCUT2D eigenvalue weighted by Crippen LogP contribution is -2.08. The van der Waals surface area contributed by atoms with E-state index in [1.807, 2.05) is 61.5 Å². The Balaban J connectivity index is 1.69. The number of hydrogen-bond acceptors (Lipinski definition) is 4. The number of aryl methyl sites for hydroxylation is 1. The van der Waals surface area contributed by atoms with Gasteiger partial charge in [0.05, 0.1) is 0 Å². The largest absolute Gasteiger partial charge is 0.457 e. The van der Waals surface area contributed by atoms with E-state index >= 15 is 0 Å². The van der Waals surface area contributed by atoms with E-state index in [0.717, 1.165) is 22.8 Å². The Labute approximate surface area is 138 Å². The Bertz CT molecular complexity index is 847. The average molecular weight is 324 g/mol. The lowest BCUT2D eigenvalue weighted by atomic mass is 10.2. The zero-order valence-corrected chi connectivity index (χ0v) is 13.5. The van der Waals surface area contributed by atoms with Crippen molar-refractivity contribution in [3.05, 3.63) is 82.3 Å². The van der Waals surface area contributed by atoms with E-state index in [0.29, 0.717) is 10.9 Å². The Kier molecular flexibility index (Phi) is 4.78. The fraction of sp³-hybridized carbons (Fsp3) is 0.111. The fourth-order valence-corrected chi connectivity index (χ4v) is 2.96. The highest BCUT2D eigenvalue weighted by atomic mass is 32.2. The third kappa shape index (κ3) is 4.47. The average Bonchev–Trinajstić information content (AvgIpc) is 2.53. The number of ether oxygens (including phenoxy) is 1. The van der Waals surface area contributed by atoms with Crippen molar-refractivity contribution in [1.82, 2.24) is 9.97 Å². The highest BCUT2D eigenvalue weighted by Gasteiger charge is 2.03. The molecule has 0 atom stereocenters. The summed E-state index contributed by atoms with van der Waals surface area (Å²) in [5, 5.41) is 0.629. The first kappa shape index (κ1) is 15.4. The van der Waals surface area contributed by atoms with Gasteiger partial charge in [0, 0.05) is 17.5 Å². The van der Waals surface area contributed by atoms with Gasteiger partial charge in [-0.2, -0.15) is 0 Å². The highest BCUT2D eigenvalue weighted by Crippen LogP contribution is 2.25. The number of aromatic nitrogens is 2. The molecule has 0 bridgehead atoms. The summed E-state index contributed by atoms with van der Waals surface area (Å²) in [6.07, 6.45) is 0. The van der Waals surface area contributed by atoms with E-state index in [-0.39, 0.29) is 5.56 Å². The van der Waals surface area contributed by atoms with E-state index in [4.69, 9.17) is 4.74 Å². The van der Waals surface area contributed by atoms with Crippen molar-refractivity contribution in [1.29, 1.82) is 0 Å². The molecule has 0 fully saturated rings. The maximum absolute atomic E-state index is 11.5. The van der Waals surface area contributed by atoms with Gasteiger partial charge in [-0.05, 0) is 36.8 Å². The van der Waals surface area contributed by atoms with Gasteiger partial charge >= 0.3 is 0 Å². The Morgan fingerprint density at radius 1 is 1.04 bits per heavy atom. The SMILES string of the molecule is Cc1cc(=O)[nH]c(SCc2cccc(Oc3ccccc3)c2)n1. The number of nitrogens with zero attached hydrogens (tertiary/aromatic N) is 1. The van der Waals surface area contributed by atoms with Crippen LogP contribution in [0.3, 0.4) is 0 Å². The molecule has 0 spiro atoms. The summed E-state index contributed by atoms with van der Waals surface area (Å²) in [6.45, 7) is 1.81. The molecule has 1 aromatic heterocycles. The number of aromatic amines is 1. The van der Waals surface area contributed by atoms with Crippen LogP contribution in [-0.4, -0.2) is 9.97 Å². The van der Waals surface area contributed by atoms with Crippen molar-refractivity contribution in [2.24, 2.45) is 0 Å². The minimum atomic E-state index is -0.124. The number of H-pyrrole nitrogens is 1. The first-order valence-electron chi connectivity index (χ1n) is 7.22. The van der Waals surface area contributed by atoms with E-state index in [2.05, 4.69) is 9.97 Å².